The molecule has 0 radical (unpaired) electrons. The second kappa shape index (κ2) is 9.92. The van der Waals surface area contributed by atoms with Crippen molar-refractivity contribution in [3.8, 4) is 0 Å². The van der Waals surface area contributed by atoms with E-state index in [9.17, 15) is 9.59 Å². The molecular weight excluding hydrogens is 232 g/mol. The molecular formula is C14H26O4. The molecule has 0 aliphatic heterocycles. The molecule has 0 N–H and O–H groups in total. The maximum absolute atomic E-state index is 11.4. The molecule has 0 aliphatic rings. The zero-order valence-corrected chi connectivity index (χ0v) is 12.0. The highest BCUT2D eigenvalue weighted by molar-refractivity contribution is 5.77. The topological polar surface area (TPSA) is 52.6 Å². The van der Waals surface area contributed by atoms with E-state index in [1.54, 1.807) is 0 Å². The monoisotopic (exact) mass is 258 g/mol. The first-order valence-corrected chi connectivity index (χ1v) is 6.88. The summed E-state index contributed by atoms with van der Waals surface area (Å²) in [5.41, 5.74) is 0. The first kappa shape index (κ1) is 16.9. The fourth-order valence-corrected chi connectivity index (χ4v) is 1.70. The molecule has 2 unspecified atom stereocenters. The summed E-state index contributed by atoms with van der Waals surface area (Å²) >= 11 is 0. The molecule has 0 aromatic rings. The summed E-state index contributed by atoms with van der Waals surface area (Å²) in [4.78, 5) is 22.8. The van der Waals surface area contributed by atoms with Crippen molar-refractivity contribution in [1.82, 2.24) is 0 Å². The summed E-state index contributed by atoms with van der Waals surface area (Å²) < 4.78 is 10.3. The zero-order valence-electron chi connectivity index (χ0n) is 12.0. The van der Waals surface area contributed by atoms with Crippen LogP contribution in [0.25, 0.3) is 0 Å². The van der Waals surface area contributed by atoms with Crippen molar-refractivity contribution in [3.05, 3.63) is 0 Å². The lowest BCUT2D eigenvalue weighted by molar-refractivity contribution is -0.155. The van der Waals surface area contributed by atoms with E-state index in [-0.39, 0.29) is 37.0 Å². The molecule has 0 amide bonds. The van der Waals surface area contributed by atoms with Crippen molar-refractivity contribution in [2.24, 2.45) is 0 Å². The van der Waals surface area contributed by atoms with Gasteiger partial charge in [0.15, 0.2) is 0 Å². The summed E-state index contributed by atoms with van der Waals surface area (Å²) in [7, 11) is 0. The number of carbonyl (C=O) groups excluding carboxylic acids is 2. The molecule has 0 bridgehead atoms. The normalized spacial score (nSPS) is 13.8. The molecule has 4 nitrogen and oxygen atoms in total. The van der Waals surface area contributed by atoms with Crippen molar-refractivity contribution >= 4 is 11.9 Å². The van der Waals surface area contributed by atoms with Gasteiger partial charge >= 0.3 is 11.9 Å². The highest BCUT2D eigenvalue weighted by Crippen LogP contribution is 2.07. The Labute approximate surface area is 110 Å². The Morgan fingerprint density at radius 1 is 0.833 bits per heavy atom. The van der Waals surface area contributed by atoms with Gasteiger partial charge in [0.25, 0.3) is 0 Å². The average molecular weight is 258 g/mol. The van der Waals surface area contributed by atoms with Gasteiger partial charge in [-0.3, -0.25) is 9.59 Å². The van der Waals surface area contributed by atoms with E-state index in [0.717, 1.165) is 25.7 Å². The molecule has 0 aliphatic carbocycles. The van der Waals surface area contributed by atoms with Crippen LogP contribution < -0.4 is 0 Å². The number of carbonyl (C=O) groups is 2. The predicted octanol–water partition coefficient (Wildman–Crippen LogP) is 3.23. The number of rotatable bonds is 9. The molecule has 0 fully saturated rings. The Balaban J connectivity index is 3.74. The van der Waals surface area contributed by atoms with Crippen molar-refractivity contribution in [1.29, 1.82) is 0 Å². The Bertz CT molecular complexity index is 224. The summed E-state index contributed by atoms with van der Waals surface area (Å²) in [6.45, 7) is 7.81. The fourth-order valence-electron chi connectivity index (χ4n) is 1.70. The Morgan fingerprint density at radius 3 is 1.44 bits per heavy atom. The van der Waals surface area contributed by atoms with Crippen LogP contribution in [0.3, 0.4) is 0 Å². The number of hydrogen-bond acceptors (Lipinski definition) is 4. The SMILES string of the molecule is CCCC(C)OC(=O)CCC(=O)OC(C)CCC. The van der Waals surface area contributed by atoms with E-state index in [1.807, 2.05) is 27.7 Å². The number of hydrogen-bond donors (Lipinski definition) is 0. The van der Waals surface area contributed by atoms with Crippen LogP contribution in [-0.4, -0.2) is 24.1 Å². The molecule has 0 saturated heterocycles. The molecule has 18 heavy (non-hydrogen) atoms. The highest BCUT2D eigenvalue weighted by Gasteiger charge is 2.13. The highest BCUT2D eigenvalue weighted by atomic mass is 16.5. The van der Waals surface area contributed by atoms with Crippen LogP contribution in [0.5, 0.6) is 0 Å². The van der Waals surface area contributed by atoms with Crippen molar-refractivity contribution in [3.63, 3.8) is 0 Å². The van der Waals surface area contributed by atoms with E-state index in [0.29, 0.717) is 0 Å². The third-order valence-electron chi connectivity index (χ3n) is 2.59. The second-order valence-electron chi connectivity index (χ2n) is 4.68. The molecule has 0 saturated carbocycles. The average Bonchev–Trinajstić information content (AvgIpc) is 2.27. The van der Waals surface area contributed by atoms with Crippen LogP contribution in [0.2, 0.25) is 0 Å². The van der Waals surface area contributed by atoms with Gasteiger partial charge in [0.2, 0.25) is 0 Å². The molecule has 0 aromatic carbocycles. The lowest BCUT2D eigenvalue weighted by Crippen LogP contribution is -2.18. The minimum absolute atomic E-state index is 0.0717. The van der Waals surface area contributed by atoms with Crippen molar-refractivity contribution in [2.75, 3.05) is 0 Å². The van der Waals surface area contributed by atoms with Gasteiger partial charge in [-0.1, -0.05) is 26.7 Å². The van der Waals surface area contributed by atoms with Gasteiger partial charge in [-0.05, 0) is 26.7 Å². The summed E-state index contributed by atoms with van der Waals surface area (Å²) in [5.74, 6) is -0.646. The fraction of sp³-hybridized carbons (Fsp3) is 0.857. The zero-order chi connectivity index (χ0) is 14.0. The first-order valence-electron chi connectivity index (χ1n) is 6.88. The van der Waals surface area contributed by atoms with Crippen LogP contribution in [0.15, 0.2) is 0 Å². The van der Waals surface area contributed by atoms with E-state index >= 15 is 0 Å². The first-order chi connectivity index (χ1) is 8.49. The smallest absolute Gasteiger partial charge is 0.306 e. The van der Waals surface area contributed by atoms with Gasteiger partial charge in [-0.2, -0.15) is 0 Å². The lowest BCUT2D eigenvalue weighted by Gasteiger charge is -2.13. The summed E-state index contributed by atoms with van der Waals surface area (Å²) in [5, 5.41) is 0. The number of esters is 2. The maximum Gasteiger partial charge on any atom is 0.306 e. The molecule has 0 heterocycles. The number of ether oxygens (including phenoxy) is 2. The van der Waals surface area contributed by atoms with Crippen LogP contribution in [-0.2, 0) is 19.1 Å². The lowest BCUT2D eigenvalue weighted by atomic mass is 10.2. The van der Waals surface area contributed by atoms with Gasteiger partial charge in [0.1, 0.15) is 0 Å². The minimum Gasteiger partial charge on any atom is -0.463 e. The third-order valence-corrected chi connectivity index (χ3v) is 2.59. The van der Waals surface area contributed by atoms with Crippen molar-refractivity contribution in [2.45, 2.75) is 78.4 Å². The Morgan fingerprint density at radius 2 is 1.17 bits per heavy atom. The van der Waals surface area contributed by atoms with Crippen molar-refractivity contribution < 1.29 is 19.1 Å². The van der Waals surface area contributed by atoms with Crippen LogP contribution in [0.4, 0.5) is 0 Å². The minimum atomic E-state index is -0.323. The largest absolute Gasteiger partial charge is 0.463 e. The van der Waals surface area contributed by atoms with Crippen LogP contribution in [0, 0.1) is 0 Å². The molecule has 2 atom stereocenters. The standard InChI is InChI=1S/C14H26O4/c1-5-7-11(3)17-13(15)9-10-14(16)18-12(4)8-6-2/h11-12H,5-10H2,1-4H3. The molecule has 0 rings (SSSR count). The van der Waals surface area contributed by atoms with E-state index in [2.05, 4.69) is 0 Å². The summed E-state index contributed by atoms with van der Waals surface area (Å²) in [6.07, 6.45) is 3.72. The van der Waals surface area contributed by atoms with E-state index in [1.165, 1.54) is 0 Å². The molecule has 0 aromatic heterocycles. The maximum atomic E-state index is 11.4. The molecule has 0 spiro atoms. The predicted molar refractivity (Wildman–Crippen MR) is 70.2 cm³/mol. The third kappa shape index (κ3) is 9.02. The van der Waals surface area contributed by atoms with Crippen LogP contribution >= 0.6 is 0 Å². The van der Waals surface area contributed by atoms with Crippen LogP contribution in [0.1, 0.15) is 66.2 Å². The quantitative estimate of drug-likeness (QED) is 0.596. The van der Waals surface area contributed by atoms with Gasteiger partial charge in [-0.25, -0.2) is 0 Å². The molecule has 106 valence electrons. The molecule has 4 heteroatoms. The van der Waals surface area contributed by atoms with Gasteiger partial charge < -0.3 is 9.47 Å². The van der Waals surface area contributed by atoms with E-state index < -0.39 is 0 Å². The van der Waals surface area contributed by atoms with Gasteiger partial charge in [0.05, 0.1) is 25.0 Å². The van der Waals surface area contributed by atoms with Gasteiger partial charge in [0, 0.05) is 0 Å². The Kier molecular flexibility index (Phi) is 9.33. The Hall–Kier alpha value is -1.06. The van der Waals surface area contributed by atoms with Gasteiger partial charge in [-0.15, -0.1) is 0 Å². The second-order valence-corrected chi connectivity index (χ2v) is 4.68. The van der Waals surface area contributed by atoms with E-state index in [4.69, 9.17) is 9.47 Å². The summed E-state index contributed by atoms with van der Waals surface area (Å²) in [6, 6.07) is 0.